The van der Waals surface area contributed by atoms with Gasteiger partial charge in [-0.25, -0.2) is 0 Å². The predicted octanol–water partition coefficient (Wildman–Crippen LogP) is 2.31. The number of rotatable bonds is 4. The minimum atomic E-state index is 0.753. The predicted molar refractivity (Wildman–Crippen MR) is 79.3 cm³/mol. The van der Waals surface area contributed by atoms with E-state index in [1.54, 1.807) is 0 Å². The van der Waals surface area contributed by atoms with Gasteiger partial charge in [0.05, 0.1) is 5.35 Å². The first kappa shape index (κ1) is 13.5. The molecule has 0 aliphatic heterocycles. The summed E-state index contributed by atoms with van der Waals surface area (Å²) in [6.07, 6.45) is 16.0. The first-order valence-corrected chi connectivity index (χ1v) is 6.71. The molecule has 1 aromatic rings. The molecule has 19 heavy (non-hydrogen) atoms. The van der Waals surface area contributed by atoms with Crippen molar-refractivity contribution in [2.45, 2.75) is 33.1 Å². The van der Waals surface area contributed by atoms with E-state index in [4.69, 9.17) is 0 Å². The van der Waals surface area contributed by atoms with E-state index < -0.39 is 0 Å². The van der Waals surface area contributed by atoms with Gasteiger partial charge in [0.2, 0.25) is 0 Å². The van der Waals surface area contributed by atoms with Gasteiger partial charge in [-0.05, 0) is 44.2 Å². The Hall–Kier alpha value is -1.96. The van der Waals surface area contributed by atoms with E-state index in [1.807, 2.05) is 26.1 Å². The number of allylic oxidation sites excluding steroid dienone is 4. The largest absolute Gasteiger partial charge is 0.298 e. The van der Waals surface area contributed by atoms with Crippen molar-refractivity contribution in [3.05, 3.63) is 51.7 Å². The second-order valence-corrected chi connectivity index (χ2v) is 4.64. The smallest absolute Gasteiger partial charge is 0.151 e. The molecule has 0 amide bonds. The van der Waals surface area contributed by atoms with E-state index in [1.165, 1.54) is 5.57 Å². The number of aromatic nitrogens is 1. The minimum absolute atomic E-state index is 0.753. The number of carbonyl (C=O) groups excluding carboxylic acids is 1. The molecule has 0 saturated carbocycles. The van der Waals surface area contributed by atoms with Gasteiger partial charge in [0.25, 0.3) is 0 Å². The van der Waals surface area contributed by atoms with Crippen LogP contribution in [0.25, 0.3) is 12.2 Å². The third-order valence-electron chi connectivity index (χ3n) is 3.39. The summed E-state index contributed by atoms with van der Waals surface area (Å²) in [5.41, 5.74) is 3.00. The van der Waals surface area contributed by atoms with Gasteiger partial charge in [0, 0.05) is 17.0 Å². The molecule has 0 radical (unpaired) electrons. The number of carbonyl (C=O) groups is 1. The Morgan fingerprint density at radius 3 is 2.79 bits per heavy atom. The van der Waals surface area contributed by atoms with Crippen LogP contribution in [0, 0.1) is 0 Å². The molecule has 0 bridgehead atoms. The first-order chi connectivity index (χ1) is 9.30. The zero-order chi connectivity index (χ0) is 13.7. The number of hydrogen-bond acceptors (Lipinski definition) is 2. The zero-order valence-corrected chi connectivity index (χ0v) is 11.5. The molecule has 0 aromatic carbocycles. The van der Waals surface area contributed by atoms with E-state index in [0.29, 0.717) is 0 Å². The summed E-state index contributed by atoms with van der Waals surface area (Å²) < 4.78 is 0. The summed E-state index contributed by atoms with van der Waals surface area (Å²) in [4.78, 5) is 15.9. The van der Waals surface area contributed by atoms with E-state index >= 15 is 0 Å². The summed E-state index contributed by atoms with van der Waals surface area (Å²) in [6.45, 7) is 4.01. The molecular weight excluding hydrogens is 234 g/mol. The van der Waals surface area contributed by atoms with Crippen LogP contribution >= 0.6 is 0 Å². The van der Waals surface area contributed by atoms with Crippen LogP contribution in [0.1, 0.15) is 42.6 Å². The van der Waals surface area contributed by atoms with Gasteiger partial charge in [-0.1, -0.05) is 30.4 Å². The van der Waals surface area contributed by atoms with E-state index in [2.05, 4.69) is 29.3 Å². The molecule has 0 spiro atoms. The van der Waals surface area contributed by atoms with Crippen LogP contribution in [0.2, 0.25) is 0 Å². The van der Waals surface area contributed by atoms with Crippen molar-refractivity contribution in [2.24, 2.45) is 0 Å². The van der Waals surface area contributed by atoms with Crippen LogP contribution in [0.15, 0.2) is 30.0 Å². The molecule has 2 heteroatoms. The number of pyridine rings is 1. The Balaban J connectivity index is 2.51. The lowest BCUT2D eigenvalue weighted by Crippen LogP contribution is -2.34. The van der Waals surface area contributed by atoms with Crippen molar-refractivity contribution in [3.63, 3.8) is 0 Å². The van der Waals surface area contributed by atoms with Gasteiger partial charge >= 0.3 is 0 Å². The van der Waals surface area contributed by atoms with Gasteiger partial charge < -0.3 is 0 Å². The van der Waals surface area contributed by atoms with Crippen LogP contribution in [0.4, 0.5) is 0 Å². The number of hydrogen-bond donors (Lipinski definition) is 0. The first-order valence-electron chi connectivity index (χ1n) is 6.71. The highest BCUT2D eigenvalue weighted by Gasteiger charge is 2.08. The molecule has 2 rings (SSSR count). The number of aldehydes is 1. The molecule has 0 unspecified atom stereocenters. The Kier molecular flexibility index (Phi) is 4.45. The second kappa shape index (κ2) is 6.28. The lowest BCUT2D eigenvalue weighted by Gasteiger charge is -2.08. The standard InChI is InChI=1S/C17H19NO/c1-3-7-13(4-2)10-14-11-18-17-9-6-5-8-15(17)16(14)12-19/h3-4,7-9,11-12H,5-6,10H2,1-2H3/b7-3-,13-4+. The summed E-state index contributed by atoms with van der Waals surface area (Å²) in [5, 5.41) is 1.96. The number of nitrogens with zero attached hydrogens (tertiary/aromatic N) is 1. The molecule has 0 atom stereocenters. The minimum Gasteiger partial charge on any atom is -0.298 e. The fourth-order valence-electron chi connectivity index (χ4n) is 2.39. The maximum Gasteiger partial charge on any atom is 0.151 e. The molecule has 1 aliphatic rings. The highest BCUT2D eigenvalue weighted by Crippen LogP contribution is 2.10. The average molecular weight is 253 g/mol. The quantitative estimate of drug-likeness (QED) is 0.609. The molecule has 0 saturated heterocycles. The maximum atomic E-state index is 11.4. The lowest BCUT2D eigenvalue weighted by molar-refractivity contribution is 0.112. The summed E-state index contributed by atoms with van der Waals surface area (Å²) >= 11 is 0. The highest BCUT2D eigenvalue weighted by atomic mass is 16.1. The van der Waals surface area contributed by atoms with Crippen molar-refractivity contribution in [2.75, 3.05) is 0 Å². The molecule has 0 fully saturated rings. The maximum absolute atomic E-state index is 11.4. The Bertz CT molecular complexity index is 651. The van der Waals surface area contributed by atoms with Crippen molar-refractivity contribution in [3.8, 4) is 0 Å². The van der Waals surface area contributed by atoms with Gasteiger partial charge in [0.1, 0.15) is 0 Å². The topological polar surface area (TPSA) is 30.0 Å². The molecule has 1 aliphatic carbocycles. The molecule has 98 valence electrons. The van der Waals surface area contributed by atoms with Gasteiger partial charge in [-0.3, -0.25) is 9.78 Å². The normalized spacial score (nSPS) is 14.7. The van der Waals surface area contributed by atoms with Gasteiger partial charge in [0.15, 0.2) is 6.29 Å². The van der Waals surface area contributed by atoms with Crippen molar-refractivity contribution in [1.82, 2.24) is 4.98 Å². The monoisotopic (exact) mass is 253 g/mol. The van der Waals surface area contributed by atoms with Crippen LogP contribution in [0.5, 0.6) is 0 Å². The fourth-order valence-corrected chi connectivity index (χ4v) is 2.39. The molecular formula is C17H19NO. The Labute approximate surface area is 113 Å². The van der Waals surface area contributed by atoms with Crippen LogP contribution in [-0.2, 0) is 6.42 Å². The summed E-state index contributed by atoms with van der Waals surface area (Å²) in [6, 6.07) is 0. The fraction of sp³-hybridized carbons (Fsp3) is 0.294. The Morgan fingerprint density at radius 2 is 2.11 bits per heavy atom. The van der Waals surface area contributed by atoms with Gasteiger partial charge in [-0.2, -0.15) is 0 Å². The Morgan fingerprint density at radius 1 is 1.32 bits per heavy atom. The number of fused-ring (bicyclic) bond motifs is 1. The third kappa shape index (κ3) is 2.90. The molecule has 1 heterocycles. The summed E-state index contributed by atoms with van der Waals surface area (Å²) in [5.74, 6) is 0. The highest BCUT2D eigenvalue weighted by molar-refractivity contribution is 5.78. The third-order valence-corrected chi connectivity index (χ3v) is 3.39. The average Bonchev–Trinajstić information content (AvgIpc) is 2.46. The van der Waals surface area contributed by atoms with E-state index in [-0.39, 0.29) is 0 Å². The summed E-state index contributed by atoms with van der Waals surface area (Å²) in [7, 11) is 0. The lowest BCUT2D eigenvalue weighted by atomic mass is 9.98. The van der Waals surface area contributed by atoms with Crippen molar-refractivity contribution >= 4 is 18.4 Å². The van der Waals surface area contributed by atoms with Crippen molar-refractivity contribution < 1.29 is 4.79 Å². The van der Waals surface area contributed by atoms with Crippen LogP contribution in [0.3, 0.4) is 0 Å². The SMILES string of the molecule is C/C=C\C(=C/C)Cc1cnc2c(c1C=O)=CCCC=2. The molecule has 2 nitrogen and oxygen atoms in total. The second-order valence-electron chi connectivity index (χ2n) is 4.64. The van der Waals surface area contributed by atoms with Crippen LogP contribution < -0.4 is 10.6 Å². The van der Waals surface area contributed by atoms with Crippen LogP contribution in [-0.4, -0.2) is 11.3 Å². The molecule has 0 N–H and O–H groups in total. The zero-order valence-electron chi connectivity index (χ0n) is 11.5. The molecule has 1 aromatic heterocycles. The van der Waals surface area contributed by atoms with E-state index in [9.17, 15) is 4.79 Å². The van der Waals surface area contributed by atoms with E-state index in [0.717, 1.165) is 47.2 Å². The van der Waals surface area contributed by atoms with Gasteiger partial charge in [-0.15, -0.1) is 0 Å². The van der Waals surface area contributed by atoms with Crippen molar-refractivity contribution in [1.29, 1.82) is 0 Å².